The van der Waals surface area contributed by atoms with Gasteiger partial charge in [-0.1, -0.05) is 121 Å². The van der Waals surface area contributed by atoms with Gasteiger partial charge in [0.15, 0.2) is 0 Å². The van der Waals surface area contributed by atoms with Crippen LogP contribution in [0.5, 0.6) is 11.5 Å². The highest BCUT2D eigenvalue weighted by atomic mass is 16.5. The van der Waals surface area contributed by atoms with Crippen molar-refractivity contribution in [2.24, 2.45) is 0 Å². The van der Waals surface area contributed by atoms with E-state index in [-0.39, 0.29) is 0 Å². The maximum atomic E-state index is 6.75. The molecule has 0 saturated heterocycles. The summed E-state index contributed by atoms with van der Waals surface area (Å²) in [7, 11) is 0. The molecular weight excluding hydrogens is 759 g/mol. The van der Waals surface area contributed by atoms with E-state index in [9.17, 15) is 0 Å². The maximum absolute atomic E-state index is 6.75. The molecule has 0 spiro atoms. The molecule has 1 N–H and O–H groups in total. The molecule has 0 atom stereocenters. The highest BCUT2D eigenvalue weighted by Gasteiger charge is 2.31. The lowest BCUT2D eigenvalue weighted by atomic mass is 9.95. The van der Waals surface area contributed by atoms with Crippen LogP contribution >= 0.6 is 0 Å². The molecule has 0 radical (unpaired) electrons. The molecule has 3 heterocycles. The Balaban J connectivity index is 0.911. The van der Waals surface area contributed by atoms with E-state index in [1.165, 1.54) is 55.4 Å². The van der Waals surface area contributed by atoms with E-state index in [2.05, 4.69) is 214 Å². The average Bonchev–Trinajstić information content (AvgIpc) is 3.87. The second kappa shape index (κ2) is 15.8. The number of aromatic nitrogens is 2. The van der Waals surface area contributed by atoms with E-state index in [0.29, 0.717) is 13.3 Å². The molecule has 10 aromatic rings. The number of rotatable bonds is 10. The van der Waals surface area contributed by atoms with E-state index < -0.39 is 0 Å². The van der Waals surface area contributed by atoms with Crippen LogP contribution in [0.15, 0.2) is 213 Å². The molecule has 0 aliphatic carbocycles. The second-order valence-electron chi connectivity index (χ2n) is 15.7. The van der Waals surface area contributed by atoms with Gasteiger partial charge in [-0.2, -0.15) is 0 Å². The molecule has 0 fully saturated rings. The van der Waals surface area contributed by atoms with Gasteiger partial charge < -0.3 is 24.4 Å². The number of nitrogens with one attached hydrogen (secondary N) is 1. The quantitative estimate of drug-likeness (QED) is 0.149. The summed E-state index contributed by atoms with van der Waals surface area (Å²) in [6, 6.07) is 70.9. The molecule has 1 aliphatic heterocycles. The summed E-state index contributed by atoms with van der Waals surface area (Å²) in [6.07, 6.45) is 3.67. The first-order chi connectivity index (χ1) is 30.7. The van der Waals surface area contributed by atoms with E-state index in [0.717, 1.165) is 45.3 Å². The molecule has 8 aromatic carbocycles. The van der Waals surface area contributed by atoms with Crippen LogP contribution in [0.4, 0.5) is 28.4 Å². The van der Waals surface area contributed by atoms with Gasteiger partial charge in [0.2, 0.25) is 0 Å². The summed E-state index contributed by atoms with van der Waals surface area (Å²) in [6.45, 7) is 3.39. The van der Waals surface area contributed by atoms with Crippen LogP contribution in [0, 0.1) is 6.92 Å². The van der Waals surface area contributed by atoms with E-state index in [1.54, 1.807) is 0 Å². The Kier molecular flexibility index (Phi) is 9.43. The first-order valence-electron chi connectivity index (χ1n) is 21.1. The van der Waals surface area contributed by atoms with E-state index >= 15 is 0 Å². The summed E-state index contributed by atoms with van der Waals surface area (Å²) in [4.78, 5) is 9.03. The lowest BCUT2D eigenvalue weighted by Crippen LogP contribution is -2.24. The molecule has 298 valence electrons. The molecular formula is C56H43N5O. The third-order valence-electron chi connectivity index (χ3n) is 12.0. The Morgan fingerprint density at radius 3 is 1.89 bits per heavy atom. The van der Waals surface area contributed by atoms with Gasteiger partial charge in [0, 0.05) is 57.8 Å². The predicted molar refractivity (Wildman–Crippen MR) is 257 cm³/mol. The van der Waals surface area contributed by atoms with Crippen molar-refractivity contribution < 1.29 is 4.74 Å². The van der Waals surface area contributed by atoms with Crippen LogP contribution in [0.25, 0.3) is 55.2 Å². The monoisotopic (exact) mass is 801 g/mol. The molecule has 11 rings (SSSR count). The number of ether oxygens (including phenoxy) is 1. The molecule has 6 nitrogen and oxygen atoms in total. The number of anilines is 5. The average molecular weight is 802 g/mol. The van der Waals surface area contributed by atoms with Gasteiger partial charge >= 0.3 is 0 Å². The van der Waals surface area contributed by atoms with Gasteiger partial charge in [-0.05, 0) is 101 Å². The van der Waals surface area contributed by atoms with Gasteiger partial charge in [-0.3, -0.25) is 4.98 Å². The molecule has 0 saturated carbocycles. The topological polar surface area (TPSA) is 45.6 Å². The largest absolute Gasteiger partial charge is 0.457 e. The van der Waals surface area contributed by atoms with E-state index in [1.807, 2.05) is 30.6 Å². The van der Waals surface area contributed by atoms with Gasteiger partial charge in [0.05, 0.1) is 34.8 Å². The fraction of sp³-hybridized carbons (Fsp3) is 0.0536. The number of para-hydroxylation sites is 4. The van der Waals surface area contributed by atoms with Crippen molar-refractivity contribution in [3.8, 4) is 44.9 Å². The minimum atomic E-state index is 0.600. The molecule has 62 heavy (non-hydrogen) atoms. The minimum absolute atomic E-state index is 0.600. The maximum Gasteiger partial charge on any atom is 0.129 e. The van der Waals surface area contributed by atoms with Crippen molar-refractivity contribution >= 4 is 50.2 Å². The van der Waals surface area contributed by atoms with Crippen molar-refractivity contribution in [3.05, 3.63) is 218 Å². The smallest absolute Gasteiger partial charge is 0.129 e. The van der Waals surface area contributed by atoms with Crippen LogP contribution in [-0.4, -0.2) is 16.2 Å². The Labute approximate surface area is 361 Å². The Bertz CT molecular complexity index is 3160. The standard InChI is InChI=1S/C56H43N5O/c1-39-34-43(40-30-32-57-33-31-40)26-29-51(39)58-37-59-52-23-9-8-20-49(52)50-28-27-46(36-55(50)59)62-45-19-12-18-44(35-45)60-38-61(54-25-11-10-24-53(54)60)56-47(41-14-4-2-5-15-41)21-13-22-48(56)42-16-6-3-7-17-42/h2-36,58H,37-38H2,1H3. The van der Waals surface area contributed by atoms with Gasteiger partial charge in [-0.25, -0.2) is 0 Å². The highest BCUT2D eigenvalue weighted by Crippen LogP contribution is 2.50. The number of fused-ring (bicyclic) bond motifs is 4. The fourth-order valence-electron chi connectivity index (χ4n) is 9.03. The lowest BCUT2D eigenvalue weighted by molar-refractivity contribution is 0.483. The zero-order valence-electron chi connectivity index (χ0n) is 34.3. The normalized spacial score (nSPS) is 12.2. The van der Waals surface area contributed by atoms with Crippen molar-refractivity contribution in [3.63, 3.8) is 0 Å². The zero-order valence-corrected chi connectivity index (χ0v) is 34.3. The van der Waals surface area contributed by atoms with Crippen LogP contribution in [0.1, 0.15) is 5.56 Å². The van der Waals surface area contributed by atoms with Crippen LogP contribution < -0.4 is 19.9 Å². The van der Waals surface area contributed by atoms with E-state index in [4.69, 9.17) is 4.74 Å². The van der Waals surface area contributed by atoms with Crippen molar-refractivity contribution in [1.82, 2.24) is 9.55 Å². The van der Waals surface area contributed by atoms with Crippen molar-refractivity contribution in [1.29, 1.82) is 0 Å². The SMILES string of the molecule is Cc1cc(-c2ccncc2)ccc1NCn1c2ccccc2c2ccc(Oc3cccc(N4CN(c5c(-c6ccccc6)cccc5-c5ccccc5)c5ccccc54)c3)cc21. The summed E-state index contributed by atoms with van der Waals surface area (Å²) >= 11 is 0. The molecule has 2 aromatic heterocycles. The van der Waals surface area contributed by atoms with Gasteiger partial charge in [0.25, 0.3) is 0 Å². The highest BCUT2D eigenvalue weighted by molar-refractivity contribution is 6.08. The number of nitrogens with zero attached hydrogens (tertiary/aromatic N) is 4. The number of benzene rings is 8. The predicted octanol–water partition coefficient (Wildman–Crippen LogP) is 14.6. The second-order valence-corrected chi connectivity index (χ2v) is 15.7. The molecule has 0 amide bonds. The van der Waals surface area contributed by atoms with Crippen LogP contribution in [0.3, 0.4) is 0 Å². The number of hydrogen-bond donors (Lipinski definition) is 1. The van der Waals surface area contributed by atoms with Gasteiger partial charge in [-0.15, -0.1) is 0 Å². The van der Waals surface area contributed by atoms with Gasteiger partial charge in [0.1, 0.15) is 18.2 Å². The molecule has 0 bridgehead atoms. The fourth-order valence-corrected chi connectivity index (χ4v) is 9.03. The first-order valence-corrected chi connectivity index (χ1v) is 21.1. The van der Waals surface area contributed by atoms with Crippen molar-refractivity contribution in [2.75, 3.05) is 21.8 Å². The summed E-state index contributed by atoms with van der Waals surface area (Å²) in [5.41, 5.74) is 16.2. The van der Waals surface area contributed by atoms with Crippen LogP contribution in [-0.2, 0) is 6.67 Å². The Morgan fingerprint density at radius 2 is 1.15 bits per heavy atom. The molecule has 1 aliphatic rings. The zero-order chi connectivity index (χ0) is 41.4. The lowest BCUT2D eigenvalue weighted by Gasteiger charge is -2.27. The minimum Gasteiger partial charge on any atom is -0.457 e. The number of aryl methyl sites for hydroxylation is 1. The first kappa shape index (κ1) is 36.9. The number of pyridine rings is 1. The summed E-state index contributed by atoms with van der Waals surface area (Å²) < 4.78 is 9.09. The molecule has 0 unspecified atom stereocenters. The molecule has 6 heteroatoms. The van der Waals surface area contributed by atoms with Crippen LogP contribution in [0.2, 0.25) is 0 Å². The third kappa shape index (κ3) is 6.78. The number of hydrogen-bond acceptors (Lipinski definition) is 5. The van der Waals surface area contributed by atoms with Crippen molar-refractivity contribution in [2.45, 2.75) is 13.6 Å². The third-order valence-corrected chi connectivity index (χ3v) is 12.0. The summed E-state index contributed by atoms with van der Waals surface area (Å²) in [5.74, 6) is 1.56. The Hall–Kier alpha value is -8.09. The summed E-state index contributed by atoms with van der Waals surface area (Å²) in [5, 5.41) is 6.14. The Morgan fingerprint density at radius 1 is 0.500 bits per heavy atom.